The smallest absolute Gasteiger partial charge is 0.338 e. The monoisotopic (exact) mass is 531 g/mol. The molecular weight excluding hydrogens is 498 g/mol. The average molecular weight is 532 g/mol. The van der Waals surface area contributed by atoms with Crippen LogP contribution in [0, 0.1) is 0 Å². The molecule has 0 unspecified atom stereocenters. The highest BCUT2D eigenvalue weighted by molar-refractivity contribution is 7.07. The Morgan fingerprint density at radius 2 is 1.89 bits per heavy atom. The number of anilines is 1. The van der Waals surface area contributed by atoms with Crippen LogP contribution in [-0.4, -0.2) is 37.3 Å². The zero-order valence-electron chi connectivity index (χ0n) is 22.1. The lowest BCUT2D eigenvalue weighted by molar-refractivity contribution is -0.139. The molecule has 8 heteroatoms. The van der Waals surface area contributed by atoms with Crippen molar-refractivity contribution in [3.05, 3.63) is 90.6 Å². The molecule has 3 aromatic rings. The number of ether oxygens (including phenoxy) is 2. The van der Waals surface area contributed by atoms with Crippen LogP contribution in [0.1, 0.15) is 56.7 Å². The highest BCUT2D eigenvalue weighted by atomic mass is 32.1. The second-order valence-corrected chi connectivity index (χ2v) is 10.5. The summed E-state index contributed by atoms with van der Waals surface area (Å²) in [6.45, 7) is 6.25. The zero-order chi connectivity index (χ0) is 26.6. The third-order valence-corrected chi connectivity index (χ3v) is 7.95. The Morgan fingerprint density at radius 1 is 1.13 bits per heavy atom. The molecule has 0 bridgehead atoms. The molecule has 0 spiro atoms. The van der Waals surface area contributed by atoms with Crippen LogP contribution < -0.4 is 24.5 Å². The maximum Gasteiger partial charge on any atom is 0.338 e. The molecule has 0 saturated carbocycles. The number of hydrogen-bond donors (Lipinski definition) is 0. The van der Waals surface area contributed by atoms with E-state index in [1.54, 1.807) is 18.6 Å². The van der Waals surface area contributed by atoms with Gasteiger partial charge in [-0.2, -0.15) is 0 Å². The largest absolute Gasteiger partial charge is 0.497 e. The van der Waals surface area contributed by atoms with Gasteiger partial charge in [0.1, 0.15) is 5.75 Å². The first-order valence-corrected chi connectivity index (χ1v) is 14.1. The first-order chi connectivity index (χ1) is 18.5. The van der Waals surface area contributed by atoms with Gasteiger partial charge in [-0.1, -0.05) is 48.9 Å². The van der Waals surface area contributed by atoms with E-state index in [0.717, 1.165) is 30.6 Å². The van der Waals surface area contributed by atoms with Crippen LogP contribution in [0.5, 0.6) is 5.75 Å². The number of carbonyl (C=O) groups is 1. The molecule has 0 N–H and O–H groups in total. The van der Waals surface area contributed by atoms with Crippen LogP contribution in [0.2, 0.25) is 0 Å². The molecule has 1 aromatic heterocycles. The Kier molecular flexibility index (Phi) is 7.79. The van der Waals surface area contributed by atoms with E-state index in [2.05, 4.69) is 29.2 Å². The van der Waals surface area contributed by atoms with Crippen molar-refractivity contribution in [2.75, 3.05) is 31.7 Å². The lowest BCUT2D eigenvalue weighted by Gasteiger charge is -2.26. The summed E-state index contributed by atoms with van der Waals surface area (Å²) in [4.78, 5) is 35.0. The molecule has 5 rings (SSSR count). The van der Waals surface area contributed by atoms with Crippen molar-refractivity contribution in [2.45, 2.75) is 45.6 Å². The molecule has 0 radical (unpaired) electrons. The van der Waals surface area contributed by atoms with Gasteiger partial charge in [0.05, 0.1) is 35.6 Å². The summed E-state index contributed by atoms with van der Waals surface area (Å²) >= 11 is 1.35. The molecule has 2 aromatic carbocycles. The lowest BCUT2D eigenvalue weighted by atomic mass is 9.94. The molecule has 2 aliphatic heterocycles. The third-order valence-electron chi connectivity index (χ3n) is 6.96. The second kappa shape index (κ2) is 11.4. The summed E-state index contributed by atoms with van der Waals surface area (Å²) in [5, 5.41) is 0. The standard InChI is InChI=1S/C30H33N3O4S/c1-4-9-24-26(29(35)37-5-2)27(21-10-8-11-23(19-21)36-3)33-28(34)25(38-30(33)31-24)18-20-12-14-22(15-13-20)32-16-6-7-17-32/h8,10-15,18-19,27H,4-7,9,16-17H2,1-3H3/b25-18+/t27-/m1/s1. The van der Waals surface area contributed by atoms with E-state index in [4.69, 9.17) is 14.5 Å². The van der Waals surface area contributed by atoms with E-state index in [1.165, 1.54) is 29.9 Å². The fraction of sp³-hybridized carbons (Fsp3) is 0.367. The molecule has 0 amide bonds. The number of aromatic nitrogens is 1. The van der Waals surface area contributed by atoms with E-state index >= 15 is 0 Å². The number of rotatable bonds is 8. The number of benzene rings is 2. The van der Waals surface area contributed by atoms with Gasteiger partial charge < -0.3 is 14.4 Å². The molecule has 0 aliphatic carbocycles. The lowest BCUT2D eigenvalue weighted by Crippen LogP contribution is -2.40. The quantitative estimate of drug-likeness (QED) is 0.408. The minimum Gasteiger partial charge on any atom is -0.497 e. The topological polar surface area (TPSA) is 73.1 Å². The van der Waals surface area contributed by atoms with Crippen LogP contribution in [-0.2, 0) is 9.53 Å². The summed E-state index contributed by atoms with van der Waals surface area (Å²) < 4.78 is 13.1. The van der Waals surface area contributed by atoms with Crippen LogP contribution >= 0.6 is 11.3 Å². The van der Waals surface area contributed by atoms with Crippen molar-refractivity contribution in [1.29, 1.82) is 0 Å². The highest BCUT2D eigenvalue weighted by Gasteiger charge is 2.34. The Labute approximate surface area is 226 Å². The Hall–Kier alpha value is -3.65. The molecule has 38 heavy (non-hydrogen) atoms. The van der Waals surface area contributed by atoms with E-state index in [-0.39, 0.29) is 12.2 Å². The number of methoxy groups -OCH3 is 1. The van der Waals surface area contributed by atoms with Gasteiger partial charge in [-0.3, -0.25) is 9.36 Å². The van der Waals surface area contributed by atoms with Crippen LogP contribution in [0.3, 0.4) is 0 Å². The first kappa shape index (κ1) is 26.0. The van der Waals surface area contributed by atoms with Crippen molar-refractivity contribution in [2.24, 2.45) is 4.99 Å². The zero-order valence-corrected chi connectivity index (χ0v) is 22.9. The molecule has 1 fully saturated rings. The van der Waals surface area contributed by atoms with E-state index < -0.39 is 12.0 Å². The Morgan fingerprint density at radius 3 is 2.58 bits per heavy atom. The van der Waals surface area contributed by atoms with Crippen molar-refractivity contribution >= 4 is 29.1 Å². The van der Waals surface area contributed by atoms with Gasteiger partial charge in [-0.25, -0.2) is 9.79 Å². The van der Waals surface area contributed by atoms with Crippen LogP contribution in [0.25, 0.3) is 6.08 Å². The predicted molar refractivity (Wildman–Crippen MR) is 151 cm³/mol. The number of carbonyl (C=O) groups excluding carboxylic acids is 1. The molecule has 1 atom stereocenters. The molecule has 7 nitrogen and oxygen atoms in total. The average Bonchev–Trinajstić information content (AvgIpc) is 3.57. The van der Waals surface area contributed by atoms with Crippen molar-refractivity contribution < 1.29 is 14.3 Å². The van der Waals surface area contributed by atoms with Gasteiger partial charge in [0.15, 0.2) is 4.80 Å². The van der Waals surface area contributed by atoms with Gasteiger partial charge in [0, 0.05) is 18.8 Å². The van der Waals surface area contributed by atoms with Crippen LogP contribution in [0.15, 0.2) is 69.6 Å². The van der Waals surface area contributed by atoms with E-state index in [1.807, 2.05) is 37.3 Å². The third kappa shape index (κ3) is 5.05. The summed E-state index contributed by atoms with van der Waals surface area (Å²) in [5.41, 5.74) is 3.84. The highest BCUT2D eigenvalue weighted by Crippen LogP contribution is 2.34. The van der Waals surface area contributed by atoms with Gasteiger partial charge in [-0.15, -0.1) is 0 Å². The number of thiazole rings is 1. The normalized spacial score (nSPS) is 17.4. The minimum atomic E-state index is -0.651. The molecular formula is C30H33N3O4S. The molecule has 1 saturated heterocycles. The fourth-order valence-corrected chi connectivity index (χ4v) is 6.18. The van der Waals surface area contributed by atoms with Crippen molar-refractivity contribution in [3.8, 4) is 5.75 Å². The van der Waals surface area contributed by atoms with Gasteiger partial charge >= 0.3 is 5.97 Å². The van der Waals surface area contributed by atoms with Gasteiger partial charge in [0.2, 0.25) is 0 Å². The van der Waals surface area contributed by atoms with E-state index in [9.17, 15) is 9.59 Å². The Bertz CT molecular complexity index is 1530. The minimum absolute atomic E-state index is 0.178. The summed E-state index contributed by atoms with van der Waals surface area (Å²) in [7, 11) is 1.60. The second-order valence-electron chi connectivity index (χ2n) is 9.48. The van der Waals surface area contributed by atoms with E-state index in [0.29, 0.717) is 32.8 Å². The summed E-state index contributed by atoms with van der Waals surface area (Å²) in [6, 6.07) is 15.2. The fourth-order valence-electron chi connectivity index (χ4n) is 5.16. The van der Waals surface area contributed by atoms with Crippen LogP contribution in [0.4, 0.5) is 5.69 Å². The SMILES string of the molecule is CCCC1=C(C(=O)OCC)[C@@H](c2cccc(OC)c2)n2c(s/c(=C/c3ccc(N4CCCC4)cc3)c2=O)=N1. The number of allylic oxidation sites excluding steroid dienone is 1. The number of fused-ring (bicyclic) bond motifs is 1. The summed E-state index contributed by atoms with van der Waals surface area (Å²) in [5.74, 6) is 0.208. The molecule has 3 heterocycles. The molecule has 198 valence electrons. The predicted octanol–water partition coefficient (Wildman–Crippen LogP) is 4.19. The number of hydrogen-bond acceptors (Lipinski definition) is 7. The first-order valence-electron chi connectivity index (χ1n) is 13.2. The summed E-state index contributed by atoms with van der Waals surface area (Å²) in [6.07, 6.45) is 5.78. The van der Waals surface area contributed by atoms with Crippen molar-refractivity contribution in [3.63, 3.8) is 0 Å². The maximum atomic E-state index is 13.9. The van der Waals surface area contributed by atoms with Crippen molar-refractivity contribution in [1.82, 2.24) is 4.57 Å². The number of esters is 1. The van der Waals surface area contributed by atoms with Gasteiger partial charge in [-0.05, 0) is 67.7 Å². The maximum absolute atomic E-state index is 13.9. The Balaban J connectivity index is 1.65. The molecule has 2 aliphatic rings. The van der Waals surface area contributed by atoms with Gasteiger partial charge in [0.25, 0.3) is 5.56 Å². The number of nitrogens with zero attached hydrogens (tertiary/aromatic N) is 3.